The van der Waals surface area contributed by atoms with Gasteiger partial charge in [-0.25, -0.2) is 0 Å². The standard InChI is InChI=1S/C54H33NO/c1-2-16-38(17-3-1)55-48-26-11-10-22-46(48)53-43(23-13-27-49(53)55)44-24-12-25-45-47-33-37(30-31-50(47)56-54(44)45)52-41-20-8-6-18-39(41)51(40-19-7-9-21-42(40)52)36-29-28-34-14-4-5-15-35(34)32-36/h1-33H. The molecule has 2 aromatic heterocycles. The van der Waals surface area contributed by atoms with E-state index >= 15 is 0 Å². The van der Waals surface area contributed by atoms with Crippen molar-refractivity contribution in [2.75, 3.05) is 0 Å². The Labute approximate surface area is 323 Å². The Morgan fingerprint density at radius 1 is 0.339 bits per heavy atom. The number of benzene rings is 10. The van der Waals surface area contributed by atoms with Gasteiger partial charge in [-0.3, -0.25) is 0 Å². The molecule has 0 saturated carbocycles. The molecule has 0 bridgehead atoms. The largest absolute Gasteiger partial charge is 0.455 e. The van der Waals surface area contributed by atoms with Gasteiger partial charge >= 0.3 is 0 Å². The molecule has 0 atom stereocenters. The Balaban J connectivity index is 1.08. The Bertz CT molecular complexity index is 3470. The predicted octanol–water partition coefficient (Wildman–Crippen LogP) is 15.1. The molecule has 12 rings (SSSR count). The molecule has 260 valence electrons. The minimum atomic E-state index is 0.886. The number of hydrogen-bond acceptors (Lipinski definition) is 1. The lowest BCUT2D eigenvalue weighted by molar-refractivity contribution is 0.670. The van der Waals surface area contributed by atoms with Gasteiger partial charge in [0.05, 0.1) is 11.0 Å². The monoisotopic (exact) mass is 711 g/mol. The van der Waals surface area contributed by atoms with Gasteiger partial charge in [-0.15, -0.1) is 0 Å². The third-order valence-corrected chi connectivity index (χ3v) is 11.8. The first-order chi connectivity index (χ1) is 27.8. The summed E-state index contributed by atoms with van der Waals surface area (Å²) in [6.07, 6.45) is 0. The van der Waals surface area contributed by atoms with E-state index in [1.165, 1.54) is 81.9 Å². The summed E-state index contributed by atoms with van der Waals surface area (Å²) in [6, 6.07) is 72.6. The van der Waals surface area contributed by atoms with Gasteiger partial charge in [0.25, 0.3) is 0 Å². The molecule has 2 heteroatoms. The van der Waals surface area contributed by atoms with E-state index in [-0.39, 0.29) is 0 Å². The summed E-state index contributed by atoms with van der Waals surface area (Å²) in [6.45, 7) is 0. The summed E-state index contributed by atoms with van der Waals surface area (Å²) in [5.41, 5.74) is 12.5. The van der Waals surface area contributed by atoms with Crippen LogP contribution in [0.2, 0.25) is 0 Å². The van der Waals surface area contributed by atoms with Crippen molar-refractivity contribution in [3.63, 3.8) is 0 Å². The third kappa shape index (κ3) is 4.50. The van der Waals surface area contributed by atoms with Crippen molar-refractivity contribution in [1.82, 2.24) is 4.57 Å². The van der Waals surface area contributed by atoms with E-state index in [0.29, 0.717) is 0 Å². The molecule has 0 fully saturated rings. The Kier molecular flexibility index (Phi) is 6.66. The van der Waals surface area contributed by atoms with E-state index in [1.54, 1.807) is 0 Å². The third-order valence-electron chi connectivity index (χ3n) is 11.8. The first-order valence-electron chi connectivity index (χ1n) is 19.3. The second-order valence-electron chi connectivity index (χ2n) is 14.8. The van der Waals surface area contributed by atoms with Gasteiger partial charge in [-0.2, -0.15) is 0 Å². The molecular formula is C54H33NO. The van der Waals surface area contributed by atoms with Crippen LogP contribution in [0.25, 0.3) is 115 Å². The maximum Gasteiger partial charge on any atom is 0.143 e. The smallest absolute Gasteiger partial charge is 0.143 e. The van der Waals surface area contributed by atoms with Crippen molar-refractivity contribution in [2.24, 2.45) is 0 Å². The van der Waals surface area contributed by atoms with Crippen molar-refractivity contribution in [3.8, 4) is 39.1 Å². The highest BCUT2D eigenvalue weighted by Gasteiger charge is 2.21. The van der Waals surface area contributed by atoms with Crippen LogP contribution in [-0.4, -0.2) is 4.57 Å². The van der Waals surface area contributed by atoms with Gasteiger partial charge in [0, 0.05) is 32.8 Å². The number of rotatable bonds is 4. The molecule has 0 amide bonds. The Morgan fingerprint density at radius 3 is 1.64 bits per heavy atom. The van der Waals surface area contributed by atoms with Crippen LogP contribution >= 0.6 is 0 Å². The van der Waals surface area contributed by atoms with Crippen molar-refractivity contribution in [3.05, 3.63) is 200 Å². The zero-order chi connectivity index (χ0) is 36.7. The molecule has 0 aliphatic carbocycles. The first kappa shape index (κ1) is 31.0. The number of nitrogens with zero attached hydrogens (tertiary/aromatic N) is 1. The van der Waals surface area contributed by atoms with Gasteiger partial charge < -0.3 is 8.98 Å². The van der Waals surface area contributed by atoms with Crippen LogP contribution in [0, 0.1) is 0 Å². The highest BCUT2D eigenvalue weighted by molar-refractivity contribution is 6.23. The van der Waals surface area contributed by atoms with Crippen LogP contribution in [0.15, 0.2) is 205 Å². The highest BCUT2D eigenvalue weighted by Crippen LogP contribution is 2.47. The van der Waals surface area contributed by atoms with Crippen molar-refractivity contribution in [1.29, 1.82) is 0 Å². The Morgan fingerprint density at radius 2 is 0.893 bits per heavy atom. The van der Waals surface area contributed by atoms with Crippen LogP contribution in [0.1, 0.15) is 0 Å². The van der Waals surface area contributed by atoms with Crippen molar-refractivity contribution < 1.29 is 4.42 Å². The lowest BCUT2D eigenvalue weighted by Gasteiger charge is -2.18. The van der Waals surface area contributed by atoms with Crippen molar-refractivity contribution >= 4 is 76.1 Å². The lowest BCUT2D eigenvalue weighted by Crippen LogP contribution is -1.92. The molecule has 0 radical (unpaired) electrons. The predicted molar refractivity (Wildman–Crippen MR) is 237 cm³/mol. The summed E-state index contributed by atoms with van der Waals surface area (Å²) >= 11 is 0. The number of hydrogen-bond donors (Lipinski definition) is 0. The summed E-state index contributed by atoms with van der Waals surface area (Å²) in [7, 11) is 0. The quantitative estimate of drug-likeness (QED) is 0.166. The van der Waals surface area contributed by atoms with Gasteiger partial charge in [-0.05, 0) is 103 Å². The molecule has 0 aliphatic heterocycles. The summed E-state index contributed by atoms with van der Waals surface area (Å²) in [5.74, 6) is 0. The van der Waals surface area contributed by atoms with Crippen LogP contribution in [-0.2, 0) is 0 Å². The molecule has 10 aromatic carbocycles. The molecule has 2 nitrogen and oxygen atoms in total. The normalized spacial score (nSPS) is 11.9. The second kappa shape index (κ2) is 12.0. The van der Waals surface area contributed by atoms with E-state index in [2.05, 4.69) is 205 Å². The molecule has 0 N–H and O–H groups in total. The van der Waals surface area contributed by atoms with Gasteiger partial charge in [0.1, 0.15) is 11.2 Å². The SMILES string of the molecule is c1ccc(-n2c3ccccc3c3c(-c4cccc5c4oc4ccc(-c6c7ccccc7c(-c7ccc8ccccc8c7)c7ccccc67)cc45)cccc32)cc1. The second-order valence-corrected chi connectivity index (χ2v) is 14.8. The van der Waals surface area contributed by atoms with Gasteiger partial charge in [-0.1, -0.05) is 158 Å². The summed E-state index contributed by atoms with van der Waals surface area (Å²) in [4.78, 5) is 0. The zero-order valence-electron chi connectivity index (χ0n) is 30.4. The van der Waals surface area contributed by atoms with Crippen LogP contribution < -0.4 is 0 Å². The van der Waals surface area contributed by atoms with Crippen LogP contribution in [0.4, 0.5) is 0 Å². The average Bonchev–Trinajstić information content (AvgIpc) is 3.81. The van der Waals surface area contributed by atoms with E-state index in [1.807, 2.05) is 0 Å². The average molecular weight is 712 g/mol. The maximum absolute atomic E-state index is 6.86. The molecule has 56 heavy (non-hydrogen) atoms. The van der Waals surface area contributed by atoms with Crippen LogP contribution in [0.3, 0.4) is 0 Å². The molecule has 0 aliphatic rings. The van der Waals surface area contributed by atoms with Gasteiger partial charge in [0.2, 0.25) is 0 Å². The van der Waals surface area contributed by atoms with E-state index in [9.17, 15) is 0 Å². The number of aromatic nitrogens is 1. The fourth-order valence-corrected chi connectivity index (χ4v) is 9.36. The summed E-state index contributed by atoms with van der Waals surface area (Å²) in [5, 5.41) is 12.2. The van der Waals surface area contributed by atoms with E-state index < -0.39 is 0 Å². The molecule has 0 spiro atoms. The maximum atomic E-state index is 6.86. The van der Waals surface area contributed by atoms with E-state index in [4.69, 9.17) is 4.42 Å². The molecular weight excluding hydrogens is 679 g/mol. The highest BCUT2D eigenvalue weighted by atomic mass is 16.3. The molecule has 12 aromatic rings. The fraction of sp³-hybridized carbons (Fsp3) is 0. The van der Waals surface area contributed by atoms with Crippen LogP contribution in [0.5, 0.6) is 0 Å². The van der Waals surface area contributed by atoms with Crippen molar-refractivity contribution in [2.45, 2.75) is 0 Å². The topological polar surface area (TPSA) is 18.1 Å². The molecule has 0 unspecified atom stereocenters. The lowest BCUT2D eigenvalue weighted by atomic mass is 9.85. The summed E-state index contributed by atoms with van der Waals surface area (Å²) < 4.78 is 9.24. The zero-order valence-corrected chi connectivity index (χ0v) is 30.4. The molecule has 0 saturated heterocycles. The van der Waals surface area contributed by atoms with E-state index in [0.717, 1.165) is 33.2 Å². The number of furan rings is 1. The minimum absolute atomic E-state index is 0.886. The number of para-hydroxylation sites is 3. The number of fused-ring (bicyclic) bond motifs is 9. The molecule has 2 heterocycles. The fourth-order valence-electron chi connectivity index (χ4n) is 9.36. The van der Waals surface area contributed by atoms with Gasteiger partial charge in [0.15, 0.2) is 0 Å². The minimum Gasteiger partial charge on any atom is -0.455 e. The first-order valence-corrected chi connectivity index (χ1v) is 19.3. The Hall–Kier alpha value is -7.42.